The van der Waals surface area contributed by atoms with E-state index in [0.29, 0.717) is 24.3 Å². The van der Waals surface area contributed by atoms with Crippen molar-refractivity contribution >= 4 is 11.9 Å². The molecule has 1 atom stereocenters. The van der Waals surface area contributed by atoms with E-state index in [9.17, 15) is 9.59 Å². The number of rotatable bonds is 3. The number of benzene rings is 1. The Hall–Kier alpha value is -2.04. The van der Waals surface area contributed by atoms with Crippen molar-refractivity contribution < 1.29 is 19.4 Å². The first-order valence-electron chi connectivity index (χ1n) is 6.23. The number of carboxylic acid groups (broad SMARTS) is 1. The zero-order valence-corrected chi connectivity index (χ0v) is 11.0. The van der Waals surface area contributed by atoms with Crippen molar-refractivity contribution in [1.29, 1.82) is 0 Å². The van der Waals surface area contributed by atoms with Crippen molar-refractivity contribution in [1.82, 2.24) is 4.90 Å². The molecule has 1 saturated heterocycles. The highest BCUT2D eigenvalue weighted by molar-refractivity contribution is 5.98. The molecule has 0 spiro atoms. The summed E-state index contributed by atoms with van der Waals surface area (Å²) in [6.07, 6.45) is 1.26. The van der Waals surface area contributed by atoms with Crippen LogP contribution in [0.4, 0.5) is 0 Å². The molecule has 102 valence electrons. The number of ether oxygens (including phenoxy) is 1. The number of aliphatic carboxylic acids is 1. The number of amides is 1. The van der Waals surface area contributed by atoms with E-state index in [1.807, 2.05) is 6.92 Å². The third kappa shape index (κ3) is 2.54. The Balaban J connectivity index is 2.26. The summed E-state index contributed by atoms with van der Waals surface area (Å²) < 4.78 is 5.10. The number of carbonyl (C=O) groups is 2. The van der Waals surface area contributed by atoms with E-state index in [0.717, 1.165) is 12.0 Å². The van der Waals surface area contributed by atoms with Crippen LogP contribution in [0.2, 0.25) is 0 Å². The number of hydrogen-bond acceptors (Lipinski definition) is 3. The van der Waals surface area contributed by atoms with Crippen LogP contribution < -0.4 is 4.74 Å². The molecule has 1 N–H and O–H groups in total. The molecule has 19 heavy (non-hydrogen) atoms. The van der Waals surface area contributed by atoms with Crippen LogP contribution in [-0.2, 0) is 4.79 Å². The molecule has 5 nitrogen and oxygen atoms in total. The van der Waals surface area contributed by atoms with Gasteiger partial charge in [0.25, 0.3) is 5.91 Å². The lowest BCUT2D eigenvalue weighted by molar-refractivity contribution is -0.141. The summed E-state index contributed by atoms with van der Waals surface area (Å²) in [5.74, 6) is -0.465. The van der Waals surface area contributed by atoms with Crippen LogP contribution in [0, 0.1) is 6.92 Å². The lowest BCUT2D eigenvalue weighted by Crippen LogP contribution is -2.40. The number of nitrogens with zero attached hydrogens (tertiary/aromatic N) is 1. The number of likely N-dealkylation sites (tertiary alicyclic amines) is 1. The zero-order chi connectivity index (χ0) is 14.0. The van der Waals surface area contributed by atoms with Crippen molar-refractivity contribution in [3.8, 4) is 5.75 Å². The van der Waals surface area contributed by atoms with Gasteiger partial charge in [0.1, 0.15) is 11.8 Å². The molecule has 0 saturated carbocycles. The normalized spacial score (nSPS) is 18.4. The van der Waals surface area contributed by atoms with E-state index in [-0.39, 0.29) is 5.91 Å². The first-order valence-corrected chi connectivity index (χ1v) is 6.23. The van der Waals surface area contributed by atoms with Gasteiger partial charge in [-0.2, -0.15) is 0 Å². The maximum absolute atomic E-state index is 12.4. The summed E-state index contributed by atoms with van der Waals surface area (Å²) in [7, 11) is 1.57. The van der Waals surface area contributed by atoms with Gasteiger partial charge < -0.3 is 14.7 Å². The molecule has 1 fully saturated rings. The van der Waals surface area contributed by atoms with Crippen molar-refractivity contribution in [2.45, 2.75) is 25.8 Å². The predicted molar refractivity (Wildman–Crippen MR) is 69.4 cm³/mol. The number of carbonyl (C=O) groups excluding carboxylic acids is 1. The summed E-state index contributed by atoms with van der Waals surface area (Å²) in [4.78, 5) is 25.0. The number of carboxylic acids is 1. The molecule has 0 aliphatic carbocycles. The summed E-state index contributed by atoms with van der Waals surface area (Å²) >= 11 is 0. The highest BCUT2D eigenvalue weighted by Crippen LogP contribution is 2.23. The summed E-state index contributed by atoms with van der Waals surface area (Å²) in [5.41, 5.74) is 1.33. The average molecular weight is 263 g/mol. The Labute approximate surface area is 111 Å². The van der Waals surface area contributed by atoms with Gasteiger partial charge in [0, 0.05) is 12.1 Å². The summed E-state index contributed by atoms with van der Waals surface area (Å²) in [6, 6.07) is 4.48. The summed E-state index contributed by atoms with van der Waals surface area (Å²) in [5, 5.41) is 9.12. The maximum Gasteiger partial charge on any atom is 0.326 e. The Bertz CT molecular complexity index is 512. The smallest absolute Gasteiger partial charge is 0.326 e. The molecule has 1 aromatic carbocycles. The van der Waals surface area contributed by atoms with Gasteiger partial charge >= 0.3 is 5.97 Å². The van der Waals surface area contributed by atoms with Gasteiger partial charge in [0.05, 0.1) is 7.11 Å². The lowest BCUT2D eigenvalue weighted by Gasteiger charge is -2.22. The fourth-order valence-electron chi connectivity index (χ4n) is 2.42. The molecule has 5 heteroatoms. The third-order valence-electron chi connectivity index (χ3n) is 3.46. The molecule has 1 aliphatic rings. The molecule has 0 bridgehead atoms. The largest absolute Gasteiger partial charge is 0.497 e. The Morgan fingerprint density at radius 2 is 2.16 bits per heavy atom. The lowest BCUT2D eigenvalue weighted by atomic mass is 10.1. The highest BCUT2D eigenvalue weighted by Gasteiger charge is 2.34. The van der Waals surface area contributed by atoms with E-state index < -0.39 is 12.0 Å². The molecule has 2 rings (SSSR count). The van der Waals surface area contributed by atoms with Crippen LogP contribution >= 0.6 is 0 Å². The fraction of sp³-hybridized carbons (Fsp3) is 0.429. The van der Waals surface area contributed by atoms with Gasteiger partial charge in [-0.25, -0.2) is 4.79 Å². The van der Waals surface area contributed by atoms with Crippen LogP contribution in [-0.4, -0.2) is 41.6 Å². The molecule has 1 heterocycles. The van der Waals surface area contributed by atoms with Gasteiger partial charge in [0.2, 0.25) is 0 Å². The average Bonchev–Trinajstić information content (AvgIpc) is 2.87. The zero-order valence-electron chi connectivity index (χ0n) is 11.0. The molecule has 0 aromatic heterocycles. The first kappa shape index (κ1) is 13.4. The first-order chi connectivity index (χ1) is 9.04. The van der Waals surface area contributed by atoms with Crippen LogP contribution in [0.15, 0.2) is 18.2 Å². The third-order valence-corrected chi connectivity index (χ3v) is 3.46. The standard InChI is InChI=1S/C14H17NO4/c1-9-8-10(19-2)5-6-11(9)13(16)15-7-3-4-12(15)14(17)18/h5-6,8,12H,3-4,7H2,1-2H3,(H,17,18). The van der Waals surface area contributed by atoms with Crippen molar-refractivity contribution in [2.75, 3.05) is 13.7 Å². The van der Waals surface area contributed by atoms with Gasteiger partial charge in [0.15, 0.2) is 0 Å². The Kier molecular flexibility index (Phi) is 3.74. The minimum absolute atomic E-state index is 0.218. The highest BCUT2D eigenvalue weighted by atomic mass is 16.5. The Morgan fingerprint density at radius 1 is 1.42 bits per heavy atom. The van der Waals surface area contributed by atoms with E-state index in [2.05, 4.69) is 0 Å². The van der Waals surface area contributed by atoms with Gasteiger partial charge in [-0.05, 0) is 43.5 Å². The van der Waals surface area contributed by atoms with E-state index >= 15 is 0 Å². The monoisotopic (exact) mass is 263 g/mol. The number of aryl methyl sites for hydroxylation is 1. The van der Waals surface area contributed by atoms with Gasteiger partial charge in [-0.3, -0.25) is 4.79 Å². The predicted octanol–water partition coefficient (Wildman–Crippen LogP) is 1.69. The maximum atomic E-state index is 12.4. The Morgan fingerprint density at radius 3 is 2.74 bits per heavy atom. The SMILES string of the molecule is COc1ccc(C(=O)N2CCCC2C(=O)O)c(C)c1. The number of hydrogen-bond donors (Lipinski definition) is 1. The van der Waals surface area contributed by atoms with Crippen LogP contribution in [0.1, 0.15) is 28.8 Å². The van der Waals surface area contributed by atoms with Crippen molar-refractivity contribution in [2.24, 2.45) is 0 Å². The topological polar surface area (TPSA) is 66.8 Å². The van der Waals surface area contributed by atoms with Crippen LogP contribution in [0.25, 0.3) is 0 Å². The second-order valence-electron chi connectivity index (χ2n) is 4.68. The minimum Gasteiger partial charge on any atom is -0.497 e. The second-order valence-corrected chi connectivity index (χ2v) is 4.68. The van der Waals surface area contributed by atoms with E-state index in [1.165, 1.54) is 4.90 Å². The molecule has 1 aliphatic heterocycles. The van der Waals surface area contributed by atoms with Gasteiger partial charge in [-0.15, -0.1) is 0 Å². The van der Waals surface area contributed by atoms with Gasteiger partial charge in [-0.1, -0.05) is 0 Å². The number of methoxy groups -OCH3 is 1. The van der Waals surface area contributed by atoms with E-state index in [4.69, 9.17) is 9.84 Å². The molecule has 1 amide bonds. The fourth-order valence-corrected chi connectivity index (χ4v) is 2.42. The van der Waals surface area contributed by atoms with Crippen molar-refractivity contribution in [3.05, 3.63) is 29.3 Å². The molecular formula is C14H17NO4. The minimum atomic E-state index is -0.933. The molecule has 1 aromatic rings. The molecule has 1 unspecified atom stereocenters. The van der Waals surface area contributed by atoms with Crippen LogP contribution in [0.5, 0.6) is 5.75 Å². The molecule has 0 radical (unpaired) electrons. The van der Waals surface area contributed by atoms with E-state index in [1.54, 1.807) is 25.3 Å². The quantitative estimate of drug-likeness (QED) is 0.901. The van der Waals surface area contributed by atoms with Crippen LogP contribution in [0.3, 0.4) is 0 Å². The molecular weight excluding hydrogens is 246 g/mol. The second kappa shape index (κ2) is 5.30. The summed E-state index contributed by atoms with van der Waals surface area (Å²) in [6.45, 7) is 2.32. The van der Waals surface area contributed by atoms with Crippen molar-refractivity contribution in [3.63, 3.8) is 0 Å².